The van der Waals surface area contributed by atoms with Crippen LogP contribution in [0.1, 0.15) is 52.9 Å². The lowest BCUT2D eigenvalue weighted by Crippen LogP contribution is -2.45. The van der Waals surface area contributed by atoms with Crippen molar-refractivity contribution in [3.05, 3.63) is 0 Å². The third-order valence-electron chi connectivity index (χ3n) is 3.82. The van der Waals surface area contributed by atoms with Gasteiger partial charge in [0.05, 0.1) is 5.75 Å². The molecule has 1 fully saturated rings. The predicted octanol–water partition coefficient (Wildman–Crippen LogP) is 1.96. The van der Waals surface area contributed by atoms with Gasteiger partial charge in [0.2, 0.25) is 10.0 Å². The van der Waals surface area contributed by atoms with Crippen molar-refractivity contribution in [2.75, 3.05) is 18.8 Å². The van der Waals surface area contributed by atoms with Crippen LogP contribution in [-0.4, -0.2) is 37.6 Å². The topological polar surface area (TPSA) is 63.4 Å². The number of hydrogen-bond acceptors (Lipinski definition) is 3. The number of unbranched alkanes of at least 4 members (excludes halogenated alkanes) is 1. The first-order chi connectivity index (χ1) is 8.27. The van der Waals surface area contributed by atoms with Crippen molar-refractivity contribution in [1.82, 2.24) is 4.31 Å². The van der Waals surface area contributed by atoms with Gasteiger partial charge in [0.15, 0.2) is 0 Å². The molecule has 1 aliphatic rings. The number of nitrogens with zero attached hydrogens (tertiary/aromatic N) is 1. The number of nitrogens with two attached hydrogens (primary N) is 1. The Morgan fingerprint density at radius 3 is 2.33 bits per heavy atom. The fraction of sp³-hybridized carbons (Fsp3) is 1.00. The molecule has 0 spiro atoms. The van der Waals surface area contributed by atoms with Gasteiger partial charge < -0.3 is 5.73 Å². The lowest BCUT2D eigenvalue weighted by molar-refractivity contribution is 0.195. The smallest absolute Gasteiger partial charge is 0.215 e. The third-order valence-corrected chi connectivity index (χ3v) is 5.82. The van der Waals surface area contributed by atoms with E-state index in [1.54, 1.807) is 4.31 Å². The van der Waals surface area contributed by atoms with E-state index in [9.17, 15) is 8.42 Å². The van der Waals surface area contributed by atoms with Gasteiger partial charge in [0.25, 0.3) is 0 Å². The highest BCUT2D eigenvalue weighted by molar-refractivity contribution is 7.89. The summed E-state index contributed by atoms with van der Waals surface area (Å²) in [5, 5.41) is 0. The highest BCUT2D eigenvalue weighted by Crippen LogP contribution is 2.30. The van der Waals surface area contributed by atoms with E-state index in [0.29, 0.717) is 13.1 Å². The Labute approximate surface area is 112 Å². The molecule has 5 heteroatoms. The molecule has 1 atom stereocenters. The molecule has 0 amide bonds. The van der Waals surface area contributed by atoms with Crippen molar-refractivity contribution in [3.8, 4) is 0 Å². The highest BCUT2D eigenvalue weighted by atomic mass is 32.2. The zero-order chi connectivity index (χ0) is 13.8. The molecule has 18 heavy (non-hydrogen) atoms. The molecule has 1 saturated heterocycles. The Hall–Kier alpha value is -0.130. The van der Waals surface area contributed by atoms with E-state index >= 15 is 0 Å². The number of piperidine rings is 1. The fourth-order valence-corrected chi connectivity index (χ4v) is 3.95. The van der Waals surface area contributed by atoms with E-state index in [4.69, 9.17) is 5.73 Å². The van der Waals surface area contributed by atoms with Crippen LogP contribution >= 0.6 is 0 Å². The van der Waals surface area contributed by atoms with Gasteiger partial charge in [-0.05, 0) is 24.7 Å². The molecule has 0 aromatic heterocycles. The van der Waals surface area contributed by atoms with Crippen molar-refractivity contribution in [3.63, 3.8) is 0 Å². The summed E-state index contributed by atoms with van der Waals surface area (Å²) in [6.45, 7) is 7.79. The number of rotatable bonds is 6. The third kappa shape index (κ3) is 4.86. The summed E-state index contributed by atoms with van der Waals surface area (Å²) >= 11 is 0. The summed E-state index contributed by atoms with van der Waals surface area (Å²) < 4.78 is 26.1. The van der Waals surface area contributed by atoms with Gasteiger partial charge in [-0.3, -0.25) is 0 Å². The van der Waals surface area contributed by atoms with Gasteiger partial charge in [-0.25, -0.2) is 12.7 Å². The first kappa shape index (κ1) is 15.9. The molecule has 1 aliphatic heterocycles. The van der Waals surface area contributed by atoms with Crippen LogP contribution in [0.4, 0.5) is 0 Å². The molecule has 2 N–H and O–H groups in total. The summed E-state index contributed by atoms with van der Waals surface area (Å²) in [5.74, 6) is 0.105. The molecule has 4 nitrogen and oxygen atoms in total. The Bertz CT molecular complexity index is 342. The average molecular weight is 276 g/mol. The van der Waals surface area contributed by atoms with Gasteiger partial charge in [-0.1, -0.05) is 33.6 Å². The molecule has 0 aromatic rings. The number of sulfonamides is 1. The van der Waals surface area contributed by atoms with E-state index in [1.165, 1.54) is 0 Å². The van der Waals surface area contributed by atoms with Crippen LogP contribution in [0.15, 0.2) is 0 Å². The summed E-state index contributed by atoms with van der Waals surface area (Å²) in [5.41, 5.74) is 6.17. The minimum absolute atomic E-state index is 0.105. The van der Waals surface area contributed by atoms with Crippen molar-refractivity contribution >= 4 is 10.0 Å². The van der Waals surface area contributed by atoms with Gasteiger partial charge in [0, 0.05) is 19.1 Å². The summed E-state index contributed by atoms with van der Waals surface area (Å²) in [6, 6.07) is -0.218. The summed E-state index contributed by atoms with van der Waals surface area (Å²) in [4.78, 5) is 0. The highest BCUT2D eigenvalue weighted by Gasteiger charge is 2.32. The van der Waals surface area contributed by atoms with E-state index in [0.717, 1.165) is 32.1 Å². The molecular weight excluding hydrogens is 248 g/mol. The van der Waals surface area contributed by atoms with Crippen LogP contribution in [-0.2, 0) is 10.0 Å². The van der Waals surface area contributed by atoms with Crippen molar-refractivity contribution in [2.24, 2.45) is 11.1 Å². The summed E-state index contributed by atoms with van der Waals surface area (Å²) in [6.07, 6.45) is 4.75. The molecule has 0 aromatic carbocycles. The van der Waals surface area contributed by atoms with E-state index in [1.807, 2.05) is 0 Å². The normalized spacial score (nSPS) is 22.9. The molecule has 0 saturated carbocycles. The van der Waals surface area contributed by atoms with Gasteiger partial charge >= 0.3 is 0 Å². The SMILES string of the molecule is CCCCC(N)CS(=O)(=O)N1CCC(C)(C)CC1. The lowest BCUT2D eigenvalue weighted by Gasteiger charge is -2.36. The molecule has 108 valence electrons. The van der Waals surface area contributed by atoms with E-state index in [2.05, 4.69) is 20.8 Å². The van der Waals surface area contributed by atoms with Crippen LogP contribution in [0.5, 0.6) is 0 Å². The van der Waals surface area contributed by atoms with Crippen molar-refractivity contribution in [1.29, 1.82) is 0 Å². The zero-order valence-corrected chi connectivity index (χ0v) is 12.8. The maximum atomic E-state index is 12.2. The Kier molecular flexibility index (Phi) is 5.62. The van der Waals surface area contributed by atoms with Crippen LogP contribution in [0, 0.1) is 5.41 Å². The average Bonchev–Trinajstić information content (AvgIpc) is 2.25. The molecule has 1 rings (SSSR count). The lowest BCUT2D eigenvalue weighted by atomic mass is 9.83. The Morgan fingerprint density at radius 1 is 1.28 bits per heavy atom. The van der Waals surface area contributed by atoms with E-state index in [-0.39, 0.29) is 17.2 Å². The second-order valence-electron chi connectivity index (χ2n) is 6.24. The molecule has 0 bridgehead atoms. The maximum Gasteiger partial charge on any atom is 0.215 e. The first-order valence-corrected chi connectivity index (χ1v) is 8.61. The van der Waals surface area contributed by atoms with Crippen LogP contribution in [0.3, 0.4) is 0 Å². The molecule has 0 radical (unpaired) electrons. The van der Waals surface area contributed by atoms with Crippen LogP contribution in [0.2, 0.25) is 0 Å². The minimum Gasteiger partial charge on any atom is -0.327 e. The van der Waals surface area contributed by atoms with Crippen molar-refractivity contribution in [2.45, 2.75) is 58.9 Å². The maximum absolute atomic E-state index is 12.2. The zero-order valence-electron chi connectivity index (χ0n) is 12.0. The van der Waals surface area contributed by atoms with Gasteiger partial charge in [-0.15, -0.1) is 0 Å². The van der Waals surface area contributed by atoms with Gasteiger partial charge in [0.1, 0.15) is 0 Å². The minimum atomic E-state index is -3.15. The van der Waals surface area contributed by atoms with E-state index < -0.39 is 10.0 Å². The first-order valence-electron chi connectivity index (χ1n) is 7.00. The van der Waals surface area contributed by atoms with Crippen LogP contribution in [0.25, 0.3) is 0 Å². The molecule has 1 heterocycles. The molecule has 0 aliphatic carbocycles. The quantitative estimate of drug-likeness (QED) is 0.806. The Balaban J connectivity index is 2.49. The van der Waals surface area contributed by atoms with Crippen molar-refractivity contribution < 1.29 is 8.42 Å². The largest absolute Gasteiger partial charge is 0.327 e. The Morgan fingerprint density at radius 2 is 1.83 bits per heavy atom. The standard InChI is InChI=1S/C13H28N2O2S/c1-4-5-6-12(14)11-18(16,17)15-9-7-13(2,3)8-10-15/h12H,4-11,14H2,1-3H3. The second-order valence-corrected chi connectivity index (χ2v) is 8.26. The predicted molar refractivity (Wildman–Crippen MR) is 75.9 cm³/mol. The number of hydrogen-bond donors (Lipinski definition) is 1. The molecular formula is C13H28N2O2S. The summed E-state index contributed by atoms with van der Waals surface area (Å²) in [7, 11) is -3.15. The second kappa shape index (κ2) is 6.35. The molecule has 1 unspecified atom stereocenters. The monoisotopic (exact) mass is 276 g/mol. The fourth-order valence-electron chi connectivity index (χ4n) is 2.30. The van der Waals surface area contributed by atoms with Crippen LogP contribution < -0.4 is 5.73 Å². The van der Waals surface area contributed by atoms with Gasteiger partial charge in [-0.2, -0.15) is 0 Å².